The predicted octanol–water partition coefficient (Wildman–Crippen LogP) is 4.67. The van der Waals surface area contributed by atoms with E-state index in [1.165, 1.54) is 64.2 Å². The van der Waals surface area contributed by atoms with Crippen molar-refractivity contribution in [2.45, 2.75) is 101 Å². The van der Waals surface area contributed by atoms with Gasteiger partial charge in [-0.1, -0.05) is 44.6 Å². The van der Waals surface area contributed by atoms with Gasteiger partial charge in [-0.05, 0) is 52.0 Å². The van der Waals surface area contributed by atoms with E-state index in [0.717, 1.165) is 19.3 Å². The minimum absolute atomic E-state index is 0.345. The SMILES string of the molecule is C=CCCCCCCCCCC1(O)CC2CCC(C1)N2C. The molecule has 2 saturated heterocycles. The molecule has 2 heterocycles. The number of fused-ring (bicyclic) bond motifs is 2. The normalized spacial score (nSPS) is 32.5. The third-order valence-electron chi connectivity index (χ3n) is 5.77. The molecule has 0 amide bonds. The second kappa shape index (κ2) is 8.33. The first kappa shape index (κ1) is 17.0. The maximum atomic E-state index is 10.8. The van der Waals surface area contributed by atoms with E-state index >= 15 is 0 Å². The Kier molecular flexibility index (Phi) is 6.75. The second-order valence-electron chi connectivity index (χ2n) is 7.49. The van der Waals surface area contributed by atoms with Crippen molar-refractivity contribution < 1.29 is 5.11 Å². The van der Waals surface area contributed by atoms with Gasteiger partial charge in [0.25, 0.3) is 0 Å². The van der Waals surface area contributed by atoms with E-state index in [1.807, 2.05) is 6.08 Å². The topological polar surface area (TPSA) is 23.5 Å². The van der Waals surface area contributed by atoms with Crippen molar-refractivity contribution in [1.29, 1.82) is 0 Å². The zero-order chi connectivity index (χ0) is 15.1. The number of hydrogen-bond donors (Lipinski definition) is 1. The van der Waals surface area contributed by atoms with Crippen LogP contribution < -0.4 is 0 Å². The summed E-state index contributed by atoms with van der Waals surface area (Å²) in [6, 6.07) is 1.30. The molecule has 2 fully saturated rings. The third kappa shape index (κ3) is 5.10. The quantitative estimate of drug-likeness (QED) is 0.467. The molecule has 2 unspecified atom stereocenters. The summed E-state index contributed by atoms with van der Waals surface area (Å²) < 4.78 is 0. The summed E-state index contributed by atoms with van der Waals surface area (Å²) in [5, 5.41) is 10.8. The number of nitrogens with zero attached hydrogens (tertiary/aromatic N) is 1. The van der Waals surface area contributed by atoms with Gasteiger partial charge >= 0.3 is 0 Å². The third-order valence-corrected chi connectivity index (χ3v) is 5.77. The summed E-state index contributed by atoms with van der Waals surface area (Å²) in [6.45, 7) is 3.76. The zero-order valence-electron chi connectivity index (χ0n) is 14.0. The molecule has 0 aromatic heterocycles. The van der Waals surface area contributed by atoms with Crippen LogP contribution in [0.1, 0.15) is 83.5 Å². The fraction of sp³-hybridized carbons (Fsp3) is 0.895. The Balaban J connectivity index is 1.52. The van der Waals surface area contributed by atoms with Crippen molar-refractivity contribution >= 4 is 0 Å². The van der Waals surface area contributed by atoms with Crippen molar-refractivity contribution in [2.75, 3.05) is 7.05 Å². The van der Waals surface area contributed by atoms with Gasteiger partial charge in [0.15, 0.2) is 0 Å². The molecular weight excluding hydrogens is 258 g/mol. The van der Waals surface area contributed by atoms with Crippen molar-refractivity contribution in [2.24, 2.45) is 0 Å². The van der Waals surface area contributed by atoms with Gasteiger partial charge in [0.05, 0.1) is 5.60 Å². The number of allylic oxidation sites excluding steroid dienone is 1. The van der Waals surface area contributed by atoms with Crippen LogP contribution in [0, 0.1) is 0 Å². The molecule has 2 heteroatoms. The molecule has 0 saturated carbocycles. The van der Waals surface area contributed by atoms with Gasteiger partial charge in [-0.25, -0.2) is 0 Å². The standard InChI is InChI=1S/C19H35NO/c1-3-4-5-6-7-8-9-10-11-14-19(21)15-17-12-13-18(16-19)20(17)2/h3,17-18,21H,1,4-16H2,2H3. The minimum Gasteiger partial charge on any atom is -0.390 e. The monoisotopic (exact) mass is 293 g/mol. The Morgan fingerprint density at radius 3 is 2.10 bits per heavy atom. The number of hydrogen-bond acceptors (Lipinski definition) is 2. The maximum Gasteiger partial charge on any atom is 0.0677 e. The molecule has 1 N–H and O–H groups in total. The maximum absolute atomic E-state index is 10.8. The van der Waals surface area contributed by atoms with Gasteiger partial charge in [-0.2, -0.15) is 0 Å². The van der Waals surface area contributed by atoms with Crippen molar-refractivity contribution in [3.05, 3.63) is 12.7 Å². The van der Waals surface area contributed by atoms with E-state index in [9.17, 15) is 5.11 Å². The number of aliphatic hydroxyl groups is 1. The first-order valence-electron chi connectivity index (χ1n) is 9.20. The molecule has 2 aliphatic heterocycles. The predicted molar refractivity (Wildman–Crippen MR) is 90.5 cm³/mol. The largest absolute Gasteiger partial charge is 0.390 e. The van der Waals surface area contributed by atoms with Crippen molar-refractivity contribution in [3.8, 4) is 0 Å². The van der Waals surface area contributed by atoms with Gasteiger partial charge in [0.1, 0.15) is 0 Å². The van der Waals surface area contributed by atoms with Crippen LogP contribution in [0.25, 0.3) is 0 Å². The summed E-state index contributed by atoms with van der Waals surface area (Å²) in [6.07, 6.45) is 18.1. The minimum atomic E-state index is -0.345. The summed E-state index contributed by atoms with van der Waals surface area (Å²) >= 11 is 0. The average Bonchev–Trinajstić information content (AvgIpc) is 2.69. The Hall–Kier alpha value is -0.340. The van der Waals surface area contributed by atoms with Gasteiger partial charge in [-0.3, -0.25) is 0 Å². The number of rotatable bonds is 10. The van der Waals surface area contributed by atoms with Crippen LogP contribution in [0.2, 0.25) is 0 Å². The van der Waals surface area contributed by atoms with Crippen LogP contribution in [0.5, 0.6) is 0 Å². The summed E-state index contributed by atoms with van der Waals surface area (Å²) in [7, 11) is 2.24. The molecule has 0 aliphatic carbocycles. The molecule has 0 aromatic rings. The van der Waals surface area contributed by atoms with E-state index in [-0.39, 0.29) is 5.60 Å². The van der Waals surface area contributed by atoms with Crippen LogP contribution >= 0.6 is 0 Å². The molecule has 21 heavy (non-hydrogen) atoms. The Bertz CT molecular complexity index is 301. The molecule has 2 aliphatic rings. The van der Waals surface area contributed by atoms with Crippen LogP contribution in [-0.2, 0) is 0 Å². The summed E-state index contributed by atoms with van der Waals surface area (Å²) in [5.74, 6) is 0. The molecule has 122 valence electrons. The van der Waals surface area contributed by atoms with Gasteiger partial charge in [0, 0.05) is 12.1 Å². The Morgan fingerprint density at radius 2 is 1.52 bits per heavy atom. The van der Waals surface area contributed by atoms with Crippen LogP contribution in [-0.4, -0.2) is 34.7 Å². The van der Waals surface area contributed by atoms with E-state index in [4.69, 9.17) is 0 Å². The molecule has 0 aromatic carbocycles. The number of piperidine rings is 1. The van der Waals surface area contributed by atoms with E-state index in [0.29, 0.717) is 12.1 Å². The Morgan fingerprint density at radius 1 is 1.00 bits per heavy atom. The summed E-state index contributed by atoms with van der Waals surface area (Å²) in [4.78, 5) is 2.51. The number of unbranched alkanes of at least 4 members (excludes halogenated alkanes) is 7. The molecule has 0 radical (unpaired) electrons. The smallest absolute Gasteiger partial charge is 0.0677 e. The fourth-order valence-corrected chi connectivity index (χ4v) is 4.37. The van der Waals surface area contributed by atoms with Crippen molar-refractivity contribution in [3.63, 3.8) is 0 Å². The van der Waals surface area contributed by atoms with Gasteiger partial charge in [0.2, 0.25) is 0 Å². The van der Waals surface area contributed by atoms with Gasteiger partial charge in [-0.15, -0.1) is 6.58 Å². The first-order valence-corrected chi connectivity index (χ1v) is 9.20. The molecule has 2 bridgehead atoms. The molecule has 2 atom stereocenters. The lowest BCUT2D eigenvalue weighted by Crippen LogP contribution is -2.49. The van der Waals surface area contributed by atoms with Crippen molar-refractivity contribution in [1.82, 2.24) is 4.90 Å². The average molecular weight is 293 g/mol. The van der Waals surface area contributed by atoms with Gasteiger partial charge < -0.3 is 10.0 Å². The fourth-order valence-electron chi connectivity index (χ4n) is 4.37. The highest BCUT2D eigenvalue weighted by atomic mass is 16.3. The van der Waals surface area contributed by atoms with Crippen LogP contribution in [0.4, 0.5) is 0 Å². The lowest BCUT2D eigenvalue weighted by molar-refractivity contribution is -0.0514. The summed E-state index contributed by atoms with van der Waals surface area (Å²) in [5.41, 5.74) is -0.345. The molecular formula is C19H35NO. The van der Waals surface area contributed by atoms with E-state index in [2.05, 4.69) is 18.5 Å². The van der Waals surface area contributed by atoms with E-state index < -0.39 is 0 Å². The molecule has 2 rings (SSSR count). The van der Waals surface area contributed by atoms with Crippen LogP contribution in [0.3, 0.4) is 0 Å². The lowest BCUT2D eigenvalue weighted by Gasteiger charge is -2.42. The molecule has 0 spiro atoms. The lowest BCUT2D eigenvalue weighted by atomic mass is 9.82. The van der Waals surface area contributed by atoms with E-state index in [1.54, 1.807) is 0 Å². The molecule has 2 nitrogen and oxygen atoms in total. The van der Waals surface area contributed by atoms with Crippen LogP contribution in [0.15, 0.2) is 12.7 Å². The second-order valence-corrected chi connectivity index (χ2v) is 7.49. The highest BCUT2D eigenvalue weighted by molar-refractivity contribution is 5.00. The zero-order valence-corrected chi connectivity index (χ0v) is 14.0. The first-order chi connectivity index (χ1) is 10.1. The highest BCUT2D eigenvalue weighted by Gasteiger charge is 2.45. The Labute approximate surface area is 131 Å². The highest BCUT2D eigenvalue weighted by Crippen LogP contribution is 2.41.